The second-order valence-electron chi connectivity index (χ2n) is 6.39. The molecule has 1 fully saturated rings. The minimum atomic E-state index is -0.351. The number of ether oxygens (including phenoxy) is 1. The zero-order valence-electron chi connectivity index (χ0n) is 13.4. The fraction of sp³-hybridized carbons (Fsp3) is 0.933. The molecule has 0 bridgehead atoms. The molecule has 5 heteroatoms. The number of piperidine rings is 1. The molecule has 0 spiro atoms. The van der Waals surface area contributed by atoms with Crippen molar-refractivity contribution in [2.24, 2.45) is 17.1 Å². The number of carbonyl (C=O) groups is 1. The van der Waals surface area contributed by atoms with Crippen LogP contribution in [0.25, 0.3) is 0 Å². The Hall–Kier alpha value is -0.650. The van der Waals surface area contributed by atoms with Gasteiger partial charge in [-0.05, 0) is 38.3 Å². The Morgan fingerprint density at radius 1 is 1.40 bits per heavy atom. The molecule has 1 unspecified atom stereocenters. The van der Waals surface area contributed by atoms with Gasteiger partial charge in [0.05, 0.1) is 12.0 Å². The van der Waals surface area contributed by atoms with E-state index in [9.17, 15) is 4.79 Å². The lowest BCUT2D eigenvalue weighted by Crippen LogP contribution is -2.51. The van der Waals surface area contributed by atoms with E-state index in [1.54, 1.807) is 7.11 Å². The van der Waals surface area contributed by atoms with Crippen molar-refractivity contribution in [1.82, 2.24) is 10.2 Å². The van der Waals surface area contributed by atoms with Crippen molar-refractivity contribution < 1.29 is 9.53 Å². The molecule has 0 aromatic carbocycles. The number of hydrogen-bond acceptors (Lipinski definition) is 4. The van der Waals surface area contributed by atoms with Crippen LogP contribution in [0.2, 0.25) is 0 Å². The van der Waals surface area contributed by atoms with Crippen molar-refractivity contribution in [3.63, 3.8) is 0 Å². The molecule has 20 heavy (non-hydrogen) atoms. The Morgan fingerprint density at radius 2 is 2.00 bits per heavy atom. The van der Waals surface area contributed by atoms with E-state index >= 15 is 0 Å². The highest BCUT2D eigenvalue weighted by Gasteiger charge is 2.41. The first-order valence-electron chi connectivity index (χ1n) is 7.64. The molecule has 1 atom stereocenters. The zero-order valence-corrected chi connectivity index (χ0v) is 13.4. The Bertz CT molecular complexity index is 296. The maximum absolute atomic E-state index is 12.8. The summed E-state index contributed by atoms with van der Waals surface area (Å²) in [6.45, 7) is 7.23. The number of methoxy groups -OCH3 is 1. The first-order valence-corrected chi connectivity index (χ1v) is 7.64. The van der Waals surface area contributed by atoms with Crippen LogP contribution in [0.5, 0.6) is 0 Å². The summed E-state index contributed by atoms with van der Waals surface area (Å²) in [5, 5.41) is 3.31. The van der Waals surface area contributed by atoms with Gasteiger partial charge in [-0.25, -0.2) is 0 Å². The molecule has 0 saturated carbocycles. The number of carbonyl (C=O) groups excluding carboxylic acids is 1. The third-order valence-corrected chi connectivity index (χ3v) is 4.44. The van der Waals surface area contributed by atoms with Crippen molar-refractivity contribution in [2.75, 3.05) is 40.4 Å². The molecular weight excluding hydrogens is 254 g/mol. The summed E-state index contributed by atoms with van der Waals surface area (Å²) in [4.78, 5) is 14.6. The summed E-state index contributed by atoms with van der Waals surface area (Å²) in [7, 11) is 3.56. The average molecular weight is 285 g/mol. The van der Waals surface area contributed by atoms with Gasteiger partial charge in [0.2, 0.25) is 5.91 Å². The maximum Gasteiger partial charge on any atom is 0.230 e. The quantitative estimate of drug-likeness (QED) is 0.727. The van der Waals surface area contributed by atoms with Gasteiger partial charge in [0.1, 0.15) is 0 Å². The van der Waals surface area contributed by atoms with Crippen LogP contribution in [-0.2, 0) is 9.53 Å². The lowest BCUT2D eigenvalue weighted by atomic mass is 9.78. The van der Waals surface area contributed by atoms with E-state index < -0.39 is 0 Å². The molecule has 1 saturated heterocycles. The van der Waals surface area contributed by atoms with E-state index in [4.69, 9.17) is 10.5 Å². The van der Waals surface area contributed by atoms with Gasteiger partial charge in [0, 0.05) is 26.7 Å². The van der Waals surface area contributed by atoms with E-state index in [2.05, 4.69) is 19.2 Å². The number of nitrogens with one attached hydrogen (secondary N) is 1. The smallest absolute Gasteiger partial charge is 0.230 e. The fourth-order valence-electron chi connectivity index (χ4n) is 2.78. The number of rotatable bonds is 7. The van der Waals surface area contributed by atoms with Crippen LogP contribution in [0.1, 0.15) is 33.1 Å². The Labute approximate surface area is 123 Å². The summed E-state index contributed by atoms with van der Waals surface area (Å²) in [6.07, 6.45) is 2.54. The van der Waals surface area contributed by atoms with E-state index in [1.165, 1.54) is 0 Å². The minimum absolute atomic E-state index is 0.150. The van der Waals surface area contributed by atoms with Gasteiger partial charge in [-0.1, -0.05) is 13.8 Å². The summed E-state index contributed by atoms with van der Waals surface area (Å²) in [5.74, 6) is 0.655. The largest absolute Gasteiger partial charge is 0.384 e. The number of amides is 1. The highest BCUT2D eigenvalue weighted by molar-refractivity contribution is 5.82. The third-order valence-electron chi connectivity index (χ3n) is 4.44. The van der Waals surface area contributed by atoms with Crippen LogP contribution < -0.4 is 11.1 Å². The second kappa shape index (κ2) is 7.96. The van der Waals surface area contributed by atoms with Gasteiger partial charge in [-0.2, -0.15) is 0 Å². The molecule has 0 radical (unpaired) electrons. The lowest BCUT2D eigenvalue weighted by Gasteiger charge is -2.38. The maximum atomic E-state index is 12.8. The first kappa shape index (κ1) is 17.4. The van der Waals surface area contributed by atoms with E-state index in [1.807, 2.05) is 11.9 Å². The summed E-state index contributed by atoms with van der Waals surface area (Å²) in [5.41, 5.74) is 5.71. The molecule has 1 heterocycles. The molecule has 5 nitrogen and oxygen atoms in total. The third kappa shape index (κ3) is 4.43. The molecule has 0 aromatic heterocycles. The molecule has 3 N–H and O–H groups in total. The van der Waals surface area contributed by atoms with Gasteiger partial charge in [-0.15, -0.1) is 0 Å². The standard InChI is InChI=1S/C15H31N3O2/c1-12(2)13(16)5-10-18(3)14(19)15(11-20-4)6-8-17-9-7-15/h12-13,17H,5-11,16H2,1-4H3. The van der Waals surface area contributed by atoms with Crippen LogP contribution in [0.3, 0.4) is 0 Å². The molecule has 1 rings (SSSR count). The average Bonchev–Trinajstić information content (AvgIpc) is 2.44. The number of hydrogen-bond donors (Lipinski definition) is 2. The molecule has 1 amide bonds. The predicted octanol–water partition coefficient (Wildman–Crippen LogP) is 0.834. The second-order valence-corrected chi connectivity index (χ2v) is 6.39. The molecule has 0 aromatic rings. The molecule has 118 valence electrons. The summed E-state index contributed by atoms with van der Waals surface area (Å²) >= 11 is 0. The molecule has 1 aliphatic rings. The Morgan fingerprint density at radius 3 is 2.50 bits per heavy atom. The van der Waals surface area contributed by atoms with Crippen LogP contribution in [0.4, 0.5) is 0 Å². The number of nitrogens with zero attached hydrogens (tertiary/aromatic N) is 1. The monoisotopic (exact) mass is 285 g/mol. The molecule has 0 aliphatic carbocycles. The van der Waals surface area contributed by atoms with Crippen molar-refractivity contribution in [2.45, 2.75) is 39.2 Å². The summed E-state index contributed by atoms with van der Waals surface area (Å²) in [6, 6.07) is 0.150. The van der Waals surface area contributed by atoms with E-state index in [0.29, 0.717) is 12.5 Å². The van der Waals surface area contributed by atoms with Crippen molar-refractivity contribution in [1.29, 1.82) is 0 Å². The molecular formula is C15H31N3O2. The highest BCUT2D eigenvalue weighted by Crippen LogP contribution is 2.31. The van der Waals surface area contributed by atoms with Gasteiger partial charge in [-0.3, -0.25) is 4.79 Å². The number of nitrogens with two attached hydrogens (primary N) is 1. The fourth-order valence-corrected chi connectivity index (χ4v) is 2.78. The van der Waals surface area contributed by atoms with E-state index in [-0.39, 0.29) is 17.4 Å². The molecule has 1 aliphatic heterocycles. The summed E-state index contributed by atoms with van der Waals surface area (Å²) < 4.78 is 5.32. The van der Waals surface area contributed by atoms with Gasteiger partial charge in [0.25, 0.3) is 0 Å². The van der Waals surface area contributed by atoms with Gasteiger partial charge >= 0.3 is 0 Å². The SMILES string of the molecule is COCC1(C(=O)N(C)CCC(N)C(C)C)CCNCC1. The van der Waals surface area contributed by atoms with Crippen molar-refractivity contribution >= 4 is 5.91 Å². The normalized spacial score (nSPS) is 19.9. The Balaban J connectivity index is 2.60. The highest BCUT2D eigenvalue weighted by atomic mass is 16.5. The zero-order chi connectivity index (χ0) is 15.2. The van der Waals surface area contributed by atoms with Crippen LogP contribution in [0.15, 0.2) is 0 Å². The minimum Gasteiger partial charge on any atom is -0.384 e. The van der Waals surface area contributed by atoms with Crippen molar-refractivity contribution in [3.8, 4) is 0 Å². The van der Waals surface area contributed by atoms with Crippen molar-refractivity contribution in [3.05, 3.63) is 0 Å². The van der Waals surface area contributed by atoms with Gasteiger partial charge < -0.3 is 20.7 Å². The van der Waals surface area contributed by atoms with E-state index in [0.717, 1.165) is 38.9 Å². The first-order chi connectivity index (χ1) is 9.43. The topological polar surface area (TPSA) is 67.6 Å². The van der Waals surface area contributed by atoms with Crippen LogP contribution in [0, 0.1) is 11.3 Å². The van der Waals surface area contributed by atoms with Crippen LogP contribution in [-0.4, -0.2) is 57.2 Å². The van der Waals surface area contributed by atoms with Gasteiger partial charge in [0.15, 0.2) is 0 Å². The predicted molar refractivity (Wildman–Crippen MR) is 81.5 cm³/mol. The van der Waals surface area contributed by atoms with Crippen LogP contribution >= 0.6 is 0 Å². The lowest BCUT2D eigenvalue weighted by molar-refractivity contribution is -0.146. The Kier molecular flexibility index (Phi) is 6.92.